The first-order valence-corrected chi connectivity index (χ1v) is 15.8. The molecule has 2 N–H and O–H groups in total. The summed E-state index contributed by atoms with van der Waals surface area (Å²) in [6.07, 6.45) is 5.61. The number of carbonyl (C=O) groups excluding carboxylic acids is 1. The van der Waals surface area contributed by atoms with Gasteiger partial charge in [0.15, 0.2) is 5.82 Å². The summed E-state index contributed by atoms with van der Waals surface area (Å²) in [5.41, 5.74) is 3.26. The zero-order valence-corrected chi connectivity index (χ0v) is 27.1. The van der Waals surface area contributed by atoms with Gasteiger partial charge in [-0.3, -0.25) is 9.63 Å². The fourth-order valence-corrected chi connectivity index (χ4v) is 6.09. The SMILES string of the molecule is C=CC(=O)Nc1cc(Nc2cc(N3OCCC3c3cccc(Oc4ccccc4)c3)ncn2)c(OC)cc1N1CCC(N(C)C)CC1. The number of nitrogens with zero attached hydrogens (tertiary/aromatic N) is 5. The number of ether oxygens (including phenoxy) is 2. The van der Waals surface area contributed by atoms with Crippen molar-refractivity contribution in [1.29, 1.82) is 0 Å². The Hall–Kier alpha value is -5.13. The van der Waals surface area contributed by atoms with E-state index in [1.165, 1.54) is 12.4 Å². The maximum Gasteiger partial charge on any atom is 0.247 e. The second-order valence-electron chi connectivity index (χ2n) is 11.8. The lowest BCUT2D eigenvalue weighted by Gasteiger charge is -2.37. The third-order valence-electron chi connectivity index (χ3n) is 8.56. The number of aromatic nitrogens is 2. The van der Waals surface area contributed by atoms with Crippen LogP contribution in [-0.2, 0) is 9.63 Å². The van der Waals surface area contributed by atoms with E-state index >= 15 is 0 Å². The molecule has 2 fully saturated rings. The van der Waals surface area contributed by atoms with Crippen molar-refractivity contribution in [1.82, 2.24) is 14.9 Å². The molecule has 1 atom stereocenters. The quantitative estimate of drug-likeness (QED) is 0.176. The highest BCUT2D eigenvalue weighted by molar-refractivity contribution is 6.02. The summed E-state index contributed by atoms with van der Waals surface area (Å²) in [5, 5.41) is 8.20. The van der Waals surface area contributed by atoms with Crippen LogP contribution in [0.15, 0.2) is 91.8 Å². The smallest absolute Gasteiger partial charge is 0.247 e. The van der Waals surface area contributed by atoms with Gasteiger partial charge >= 0.3 is 0 Å². The molecule has 1 amide bonds. The second kappa shape index (κ2) is 14.5. The Labute approximate surface area is 275 Å². The number of rotatable bonds is 11. The fraction of sp³-hybridized carbons (Fsp3) is 0.306. The van der Waals surface area contributed by atoms with Crippen LogP contribution in [0.1, 0.15) is 30.9 Å². The summed E-state index contributed by atoms with van der Waals surface area (Å²) in [6, 6.07) is 23.9. The molecule has 1 unspecified atom stereocenters. The maximum atomic E-state index is 12.5. The van der Waals surface area contributed by atoms with Crippen LogP contribution in [0.4, 0.5) is 28.7 Å². The van der Waals surface area contributed by atoms with E-state index in [0.29, 0.717) is 41.4 Å². The zero-order valence-electron chi connectivity index (χ0n) is 27.1. The number of amides is 1. The molecule has 2 aliphatic heterocycles. The highest BCUT2D eigenvalue weighted by Crippen LogP contribution is 2.41. The molecule has 0 radical (unpaired) electrons. The molecule has 47 heavy (non-hydrogen) atoms. The van der Waals surface area contributed by atoms with E-state index in [1.54, 1.807) is 7.11 Å². The molecule has 0 aliphatic carbocycles. The van der Waals surface area contributed by atoms with E-state index in [-0.39, 0.29) is 11.9 Å². The van der Waals surface area contributed by atoms with Crippen LogP contribution in [0, 0.1) is 0 Å². The molecule has 0 bridgehead atoms. The van der Waals surface area contributed by atoms with Crippen molar-refractivity contribution in [3.63, 3.8) is 0 Å². The molecule has 2 saturated heterocycles. The normalized spacial score (nSPS) is 16.6. The fourth-order valence-electron chi connectivity index (χ4n) is 6.09. The number of para-hydroxylation sites is 1. The number of anilines is 5. The van der Waals surface area contributed by atoms with Crippen molar-refractivity contribution in [3.8, 4) is 17.2 Å². The molecule has 3 aromatic carbocycles. The first-order chi connectivity index (χ1) is 22.9. The number of methoxy groups -OCH3 is 1. The molecule has 0 spiro atoms. The van der Waals surface area contributed by atoms with E-state index < -0.39 is 0 Å². The minimum atomic E-state index is -0.287. The number of piperidine rings is 1. The van der Waals surface area contributed by atoms with Crippen molar-refractivity contribution in [3.05, 3.63) is 97.3 Å². The third kappa shape index (κ3) is 7.48. The van der Waals surface area contributed by atoms with Gasteiger partial charge < -0.3 is 29.9 Å². The van der Waals surface area contributed by atoms with Crippen LogP contribution in [0.5, 0.6) is 17.2 Å². The number of carbonyl (C=O) groups is 1. The van der Waals surface area contributed by atoms with Gasteiger partial charge in [-0.05, 0) is 68.9 Å². The van der Waals surface area contributed by atoms with E-state index in [9.17, 15) is 4.79 Å². The largest absolute Gasteiger partial charge is 0.494 e. The monoisotopic (exact) mass is 635 g/mol. The highest BCUT2D eigenvalue weighted by Gasteiger charge is 2.30. The molecule has 11 heteroatoms. The molecular formula is C36H41N7O4. The van der Waals surface area contributed by atoms with Gasteiger partial charge in [-0.25, -0.2) is 15.0 Å². The predicted molar refractivity (Wildman–Crippen MR) is 185 cm³/mol. The van der Waals surface area contributed by atoms with E-state index in [1.807, 2.05) is 71.8 Å². The molecule has 4 aromatic rings. The average Bonchev–Trinajstić information content (AvgIpc) is 3.60. The van der Waals surface area contributed by atoms with Gasteiger partial charge in [-0.15, -0.1) is 0 Å². The zero-order chi connectivity index (χ0) is 32.8. The Balaban J connectivity index is 1.24. The number of hydrogen-bond acceptors (Lipinski definition) is 10. The number of nitrogens with one attached hydrogen (secondary N) is 2. The first kappa shape index (κ1) is 31.8. The van der Waals surface area contributed by atoms with Gasteiger partial charge in [0.2, 0.25) is 5.91 Å². The van der Waals surface area contributed by atoms with E-state index in [2.05, 4.69) is 57.1 Å². The van der Waals surface area contributed by atoms with Crippen LogP contribution in [-0.4, -0.2) is 67.7 Å². The van der Waals surface area contributed by atoms with Crippen LogP contribution >= 0.6 is 0 Å². The Morgan fingerprint density at radius 2 is 1.77 bits per heavy atom. The van der Waals surface area contributed by atoms with Gasteiger partial charge in [0.1, 0.15) is 29.4 Å². The molecule has 0 saturated carbocycles. The molecule has 6 rings (SSSR count). The van der Waals surface area contributed by atoms with Crippen molar-refractivity contribution in [2.75, 3.05) is 61.5 Å². The van der Waals surface area contributed by atoms with Gasteiger partial charge in [-0.1, -0.05) is 36.9 Å². The molecule has 3 heterocycles. The lowest BCUT2D eigenvalue weighted by Crippen LogP contribution is -2.42. The van der Waals surface area contributed by atoms with Gasteiger partial charge in [0.05, 0.1) is 36.8 Å². The predicted octanol–water partition coefficient (Wildman–Crippen LogP) is 6.56. The summed E-state index contributed by atoms with van der Waals surface area (Å²) >= 11 is 0. The molecule has 11 nitrogen and oxygen atoms in total. The number of benzene rings is 3. The van der Waals surface area contributed by atoms with Crippen LogP contribution in [0.25, 0.3) is 0 Å². The standard InChI is InChI=1S/C36H41N7O4/c1-5-36(44)40-29-21-30(33(45-4)22-32(29)42-17-14-26(15-18-42)41(2)3)39-34-23-35(38-24-37-34)43-31(16-19-46-43)25-10-9-13-28(20-25)47-27-11-7-6-8-12-27/h5-13,20-24,26,31H,1,14-19H2,2-4H3,(H,40,44)(H,37,38,39). The lowest BCUT2D eigenvalue weighted by atomic mass is 10.0. The van der Waals surface area contributed by atoms with Crippen LogP contribution in [0.2, 0.25) is 0 Å². The molecule has 2 aliphatic rings. The summed E-state index contributed by atoms with van der Waals surface area (Å²) < 4.78 is 11.9. The maximum absolute atomic E-state index is 12.5. The summed E-state index contributed by atoms with van der Waals surface area (Å²) in [6.45, 7) is 5.92. The lowest BCUT2D eigenvalue weighted by molar-refractivity contribution is -0.111. The number of hydrogen-bond donors (Lipinski definition) is 2. The summed E-state index contributed by atoms with van der Waals surface area (Å²) in [4.78, 5) is 32.1. The van der Waals surface area contributed by atoms with Crippen molar-refractivity contribution >= 4 is 34.6 Å². The first-order valence-electron chi connectivity index (χ1n) is 15.8. The van der Waals surface area contributed by atoms with Crippen molar-refractivity contribution < 1.29 is 19.1 Å². The topological polar surface area (TPSA) is 104 Å². The van der Waals surface area contributed by atoms with E-state index in [4.69, 9.17) is 14.3 Å². The Kier molecular flexibility index (Phi) is 9.84. The third-order valence-corrected chi connectivity index (χ3v) is 8.56. The highest BCUT2D eigenvalue weighted by atomic mass is 16.7. The summed E-state index contributed by atoms with van der Waals surface area (Å²) in [7, 11) is 5.87. The minimum Gasteiger partial charge on any atom is -0.494 e. The van der Waals surface area contributed by atoms with Gasteiger partial charge in [0, 0.05) is 37.7 Å². The minimum absolute atomic E-state index is 0.0664. The molecular weight excluding hydrogens is 594 g/mol. The van der Waals surface area contributed by atoms with Crippen LogP contribution < -0.4 is 30.1 Å². The van der Waals surface area contributed by atoms with Crippen molar-refractivity contribution in [2.24, 2.45) is 0 Å². The van der Waals surface area contributed by atoms with Crippen LogP contribution in [0.3, 0.4) is 0 Å². The number of hydroxylamine groups is 1. The Morgan fingerprint density at radius 3 is 2.51 bits per heavy atom. The molecule has 1 aromatic heterocycles. The van der Waals surface area contributed by atoms with E-state index in [0.717, 1.165) is 55.1 Å². The van der Waals surface area contributed by atoms with Gasteiger partial charge in [-0.2, -0.15) is 0 Å². The summed E-state index contributed by atoms with van der Waals surface area (Å²) in [5.74, 6) is 3.02. The van der Waals surface area contributed by atoms with Crippen molar-refractivity contribution in [2.45, 2.75) is 31.3 Å². The second-order valence-corrected chi connectivity index (χ2v) is 11.8. The van der Waals surface area contributed by atoms with Gasteiger partial charge in [0.25, 0.3) is 0 Å². The molecule has 244 valence electrons. The Morgan fingerprint density at radius 1 is 0.979 bits per heavy atom. The Bertz CT molecular complexity index is 1690. The average molecular weight is 636 g/mol.